The molecular weight excluding hydrogens is 444 g/mol. The zero-order chi connectivity index (χ0) is 26.0. The van der Waals surface area contributed by atoms with Gasteiger partial charge in [0, 0.05) is 0 Å². The number of rotatable bonds is 21. The van der Waals surface area contributed by atoms with Crippen LogP contribution in [0.3, 0.4) is 0 Å². The Morgan fingerprint density at radius 3 is 1.38 bits per heavy atom. The lowest BCUT2D eigenvalue weighted by Gasteiger charge is -2.33. The van der Waals surface area contributed by atoms with Crippen LogP contribution in [0.15, 0.2) is 0 Å². The van der Waals surface area contributed by atoms with Crippen LogP contribution >= 0.6 is 0 Å². The lowest BCUT2D eigenvalue weighted by molar-refractivity contribution is -0.163. The van der Waals surface area contributed by atoms with Crippen LogP contribution in [0.4, 0.5) is 0 Å². The molecule has 0 spiro atoms. The highest BCUT2D eigenvalue weighted by atomic mass is 16.5. The first-order chi connectivity index (χ1) is 16.3. The van der Waals surface area contributed by atoms with Crippen LogP contribution in [-0.4, -0.2) is 85.2 Å². The Morgan fingerprint density at radius 1 is 0.647 bits per heavy atom. The molecule has 0 bridgehead atoms. The van der Waals surface area contributed by atoms with E-state index in [-0.39, 0.29) is 50.2 Å². The molecular formula is C25H48O9. The summed E-state index contributed by atoms with van der Waals surface area (Å²) in [7, 11) is 0. The monoisotopic (exact) mass is 492 g/mol. The van der Waals surface area contributed by atoms with Crippen molar-refractivity contribution in [2.24, 2.45) is 22.7 Å². The first-order valence-electron chi connectivity index (χ1n) is 12.6. The maximum atomic E-state index is 12.4. The Hall–Kier alpha value is -1.26. The molecule has 0 amide bonds. The minimum Gasteiger partial charge on any atom is -0.465 e. The summed E-state index contributed by atoms with van der Waals surface area (Å²) in [6.45, 7) is 5.08. The quantitative estimate of drug-likeness (QED) is 0.177. The molecule has 9 nitrogen and oxygen atoms in total. The summed E-state index contributed by atoms with van der Waals surface area (Å²) in [6, 6.07) is 0. The number of hydrogen-bond donors (Lipinski definition) is 4. The van der Waals surface area contributed by atoms with E-state index in [2.05, 4.69) is 0 Å². The first-order valence-corrected chi connectivity index (χ1v) is 12.6. The third kappa shape index (κ3) is 11.0. The number of aliphatic hydroxyl groups excluding tert-OH is 4. The molecule has 0 heterocycles. The number of aliphatic hydroxyl groups is 4. The van der Waals surface area contributed by atoms with Crippen LogP contribution in [0.5, 0.6) is 0 Å². The molecule has 0 aliphatic heterocycles. The van der Waals surface area contributed by atoms with E-state index in [1.165, 1.54) is 0 Å². The lowest BCUT2D eigenvalue weighted by Crippen LogP contribution is -2.45. The predicted molar refractivity (Wildman–Crippen MR) is 128 cm³/mol. The van der Waals surface area contributed by atoms with E-state index >= 15 is 0 Å². The molecule has 34 heavy (non-hydrogen) atoms. The molecule has 0 saturated carbocycles. The van der Waals surface area contributed by atoms with Crippen molar-refractivity contribution in [3.8, 4) is 0 Å². The minimum absolute atomic E-state index is 0.178. The van der Waals surface area contributed by atoms with Crippen LogP contribution in [0.2, 0.25) is 0 Å². The number of carbonyl (C=O) groups is 2. The van der Waals surface area contributed by atoms with E-state index in [4.69, 9.17) is 14.2 Å². The highest BCUT2D eigenvalue weighted by Crippen LogP contribution is 2.24. The highest BCUT2D eigenvalue weighted by molar-refractivity contribution is 5.72. The Balaban J connectivity index is 4.99. The number of carbonyl (C=O) groups excluding carboxylic acids is 2. The molecule has 0 radical (unpaired) electrons. The zero-order valence-corrected chi connectivity index (χ0v) is 21.6. The van der Waals surface area contributed by atoms with Crippen molar-refractivity contribution in [2.45, 2.75) is 72.6 Å². The number of esters is 2. The molecule has 0 aromatic carbocycles. The number of hydrogen-bond acceptors (Lipinski definition) is 9. The first kappa shape index (κ1) is 32.7. The van der Waals surface area contributed by atoms with Crippen molar-refractivity contribution in [3.63, 3.8) is 0 Å². The summed E-state index contributed by atoms with van der Waals surface area (Å²) >= 11 is 0. The molecule has 2 atom stereocenters. The largest absolute Gasteiger partial charge is 0.465 e. The average molecular weight is 493 g/mol. The van der Waals surface area contributed by atoms with Crippen molar-refractivity contribution in [1.82, 2.24) is 0 Å². The van der Waals surface area contributed by atoms with Gasteiger partial charge in [0.05, 0.1) is 62.3 Å². The predicted octanol–water partition coefficient (Wildman–Crippen LogP) is 2.07. The van der Waals surface area contributed by atoms with Crippen LogP contribution in [0.25, 0.3) is 0 Å². The van der Waals surface area contributed by atoms with Crippen molar-refractivity contribution < 1.29 is 44.2 Å². The van der Waals surface area contributed by atoms with Crippen molar-refractivity contribution in [2.75, 3.05) is 52.9 Å². The van der Waals surface area contributed by atoms with E-state index in [1.807, 2.05) is 27.7 Å². The Labute approximate surface area is 204 Å². The molecule has 4 N–H and O–H groups in total. The van der Waals surface area contributed by atoms with E-state index < -0.39 is 37.3 Å². The maximum absolute atomic E-state index is 12.4. The van der Waals surface area contributed by atoms with Crippen molar-refractivity contribution in [3.05, 3.63) is 0 Å². The van der Waals surface area contributed by atoms with Gasteiger partial charge in [-0.05, 0) is 25.7 Å². The number of unbranched alkanes of at least 4 members (excludes halogenated alkanes) is 1. The smallest absolute Gasteiger partial charge is 0.308 e. The van der Waals surface area contributed by atoms with Gasteiger partial charge in [-0.15, -0.1) is 0 Å². The fraction of sp³-hybridized carbons (Fsp3) is 0.920. The standard InChI is InChI=1S/C25H48O9/c1-5-9-11-21(8-4)23(31)34-19-25(14-28,15-29)17-32-16-24(12-26,13-27)18-33-22(30)20(7-3)10-6-2/h20-21,26-29H,5-19H2,1-4H3. The summed E-state index contributed by atoms with van der Waals surface area (Å²) in [4.78, 5) is 24.7. The fourth-order valence-corrected chi connectivity index (χ4v) is 3.49. The van der Waals surface area contributed by atoms with Gasteiger partial charge in [-0.25, -0.2) is 0 Å². The van der Waals surface area contributed by atoms with Crippen molar-refractivity contribution >= 4 is 11.9 Å². The molecule has 0 fully saturated rings. The lowest BCUT2D eigenvalue weighted by atomic mass is 9.90. The van der Waals surface area contributed by atoms with Gasteiger partial charge in [0.2, 0.25) is 0 Å². The molecule has 0 saturated heterocycles. The van der Waals surface area contributed by atoms with Gasteiger partial charge < -0.3 is 34.6 Å². The summed E-state index contributed by atoms with van der Waals surface area (Å²) in [6.07, 6.45) is 5.43. The second kappa shape index (κ2) is 18.1. The minimum atomic E-state index is -1.24. The van der Waals surface area contributed by atoms with Gasteiger partial charge in [0.25, 0.3) is 0 Å². The SMILES string of the molecule is CCCCC(CC)C(=O)OCC(CO)(CO)COCC(CO)(CO)COC(=O)C(CC)CCC. The van der Waals surface area contributed by atoms with Crippen LogP contribution < -0.4 is 0 Å². The fourth-order valence-electron chi connectivity index (χ4n) is 3.49. The summed E-state index contributed by atoms with van der Waals surface area (Å²) in [5, 5.41) is 39.5. The van der Waals surface area contributed by atoms with Crippen LogP contribution in [-0.2, 0) is 23.8 Å². The van der Waals surface area contributed by atoms with E-state index in [0.29, 0.717) is 19.3 Å². The molecule has 0 aromatic heterocycles. The third-order valence-electron chi connectivity index (χ3n) is 6.39. The Bertz CT molecular complexity index is 545. The Morgan fingerprint density at radius 2 is 1.06 bits per heavy atom. The van der Waals surface area contributed by atoms with Crippen molar-refractivity contribution in [1.29, 1.82) is 0 Å². The van der Waals surface area contributed by atoms with Gasteiger partial charge in [-0.3, -0.25) is 9.59 Å². The van der Waals surface area contributed by atoms with Gasteiger partial charge in [-0.1, -0.05) is 47.0 Å². The highest BCUT2D eigenvalue weighted by Gasteiger charge is 2.36. The average Bonchev–Trinajstić information content (AvgIpc) is 2.87. The Kier molecular flexibility index (Phi) is 17.4. The summed E-state index contributed by atoms with van der Waals surface area (Å²) < 4.78 is 16.4. The maximum Gasteiger partial charge on any atom is 0.308 e. The van der Waals surface area contributed by atoms with Gasteiger partial charge >= 0.3 is 11.9 Å². The molecule has 0 aromatic rings. The molecule has 2 unspecified atom stereocenters. The second-order valence-corrected chi connectivity index (χ2v) is 9.48. The summed E-state index contributed by atoms with van der Waals surface area (Å²) in [5.74, 6) is -1.22. The van der Waals surface area contributed by atoms with E-state index in [9.17, 15) is 30.0 Å². The molecule has 0 aliphatic rings. The third-order valence-corrected chi connectivity index (χ3v) is 6.39. The second-order valence-electron chi connectivity index (χ2n) is 9.48. The van der Waals surface area contributed by atoms with Crippen LogP contribution in [0.1, 0.15) is 72.6 Å². The van der Waals surface area contributed by atoms with Gasteiger partial charge in [0.1, 0.15) is 13.2 Å². The summed E-state index contributed by atoms with van der Waals surface area (Å²) in [5.41, 5.74) is -2.47. The number of ether oxygens (including phenoxy) is 3. The molecule has 9 heteroatoms. The van der Waals surface area contributed by atoms with Crippen LogP contribution in [0, 0.1) is 22.7 Å². The van der Waals surface area contributed by atoms with E-state index in [0.717, 1.165) is 25.7 Å². The normalized spacial score (nSPS) is 14.0. The van der Waals surface area contributed by atoms with Gasteiger partial charge in [-0.2, -0.15) is 0 Å². The zero-order valence-electron chi connectivity index (χ0n) is 21.6. The molecule has 0 rings (SSSR count). The van der Waals surface area contributed by atoms with E-state index in [1.54, 1.807) is 0 Å². The topological polar surface area (TPSA) is 143 Å². The van der Waals surface area contributed by atoms with Gasteiger partial charge in [0.15, 0.2) is 0 Å². The molecule has 0 aliphatic carbocycles. The molecule has 202 valence electrons.